The number of benzene rings is 1. The van der Waals surface area contributed by atoms with E-state index in [1.165, 1.54) is 0 Å². The molecule has 7 nitrogen and oxygen atoms in total. The lowest BCUT2D eigenvalue weighted by Crippen LogP contribution is -2.33. The Balaban J connectivity index is 1.62. The van der Waals surface area contributed by atoms with Crippen LogP contribution in [0.25, 0.3) is 11.0 Å². The Bertz CT molecular complexity index is 577. The van der Waals surface area contributed by atoms with E-state index in [1.54, 1.807) is 18.2 Å². The Labute approximate surface area is 109 Å². The number of ether oxygens (including phenoxy) is 1. The van der Waals surface area contributed by atoms with E-state index < -0.39 is 0 Å². The third-order valence-corrected chi connectivity index (χ3v) is 3.00. The van der Waals surface area contributed by atoms with Gasteiger partial charge < -0.3 is 4.74 Å². The number of fused-ring (bicyclic) bond motifs is 1. The first kappa shape index (κ1) is 12.1. The zero-order valence-corrected chi connectivity index (χ0v) is 10.3. The van der Waals surface area contributed by atoms with Crippen molar-refractivity contribution in [1.29, 1.82) is 0 Å². The number of aromatic nitrogens is 3. The lowest BCUT2D eigenvalue weighted by atomic mass is 10.2. The summed E-state index contributed by atoms with van der Waals surface area (Å²) in [6.45, 7) is 0.672. The highest BCUT2D eigenvalue weighted by molar-refractivity contribution is 5.96. The summed E-state index contributed by atoms with van der Waals surface area (Å²) in [5.41, 5.74) is 4.23. The molecule has 1 amide bonds. The van der Waals surface area contributed by atoms with Crippen LogP contribution in [0.4, 0.5) is 0 Å². The molecule has 1 fully saturated rings. The molecule has 7 heteroatoms. The van der Waals surface area contributed by atoms with Gasteiger partial charge in [-0.25, -0.2) is 10.3 Å². The maximum atomic E-state index is 11.9. The van der Waals surface area contributed by atoms with E-state index in [-0.39, 0.29) is 12.2 Å². The fourth-order valence-electron chi connectivity index (χ4n) is 1.96. The molecular formula is C12H14N4O3. The zero-order valence-electron chi connectivity index (χ0n) is 10.3. The third kappa shape index (κ3) is 2.72. The van der Waals surface area contributed by atoms with Gasteiger partial charge in [-0.05, 0) is 31.0 Å². The summed E-state index contributed by atoms with van der Waals surface area (Å²) >= 11 is 0. The molecule has 19 heavy (non-hydrogen) atoms. The second-order valence-corrected chi connectivity index (χ2v) is 4.37. The molecule has 0 bridgehead atoms. The standard InChI is InChI=1S/C12H14N4O3/c17-12(15-19-11-3-1-2-6-18-11)8-4-5-9-10(7-8)14-16-13-9/h4-5,7,11H,1-3,6H2,(H,15,17)(H,13,14,16). The fraction of sp³-hybridized carbons (Fsp3) is 0.417. The van der Waals surface area contributed by atoms with Crippen molar-refractivity contribution in [3.05, 3.63) is 23.8 Å². The number of nitrogens with one attached hydrogen (secondary N) is 2. The number of carbonyl (C=O) groups excluding carboxylic acids is 1. The SMILES string of the molecule is O=C(NOC1CCCCO1)c1ccc2n[nH]nc2c1. The van der Waals surface area contributed by atoms with Crippen molar-refractivity contribution >= 4 is 16.9 Å². The lowest BCUT2D eigenvalue weighted by molar-refractivity contribution is -0.186. The largest absolute Gasteiger partial charge is 0.350 e. The third-order valence-electron chi connectivity index (χ3n) is 3.00. The second-order valence-electron chi connectivity index (χ2n) is 4.37. The van der Waals surface area contributed by atoms with Gasteiger partial charge >= 0.3 is 0 Å². The van der Waals surface area contributed by atoms with Crippen molar-refractivity contribution < 1.29 is 14.4 Å². The van der Waals surface area contributed by atoms with Gasteiger partial charge in [-0.1, -0.05) is 0 Å². The Morgan fingerprint density at radius 3 is 3.11 bits per heavy atom. The Morgan fingerprint density at radius 1 is 1.37 bits per heavy atom. The summed E-state index contributed by atoms with van der Waals surface area (Å²) in [5.74, 6) is -0.320. The highest BCUT2D eigenvalue weighted by atomic mass is 16.8. The van der Waals surface area contributed by atoms with E-state index >= 15 is 0 Å². The Kier molecular flexibility index (Phi) is 3.39. The first-order valence-electron chi connectivity index (χ1n) is 6.21. The molecule has 1 unspecified atom stereocenters. The number of amides is 1. The summed E-state index contributed by atoms with van der Waals surface area (Å²) in [7, 11) is 0. The lowest BCUT2D eigenvalue weighted by Gasteiger charge is -2.22. The smallest absolute Gasteiger partial charge is 0.275 e. The molecule has 2 N–H and O–H groups in total. The van der Waals surface area contributed by atoms with Gasteiger partial charge in [-0.2, -0.15) is 15.4 Å². The number of nitrogens with zero attached hydrogens (tertiary/aromatic N) is 2. The number of hydrogen-bond acceptors (Lipinski definition) is 5. The molecule has 3 rings (SSSR count). The second kappa shape index (κ2) is 5.33. The molecule has 1 aliphatic heterocycles. The van der Waals surface area contributed by atoms with Gasteiger partial charge in [-0.3, -0.25) is 4.79 Å². The molecular weight excluding hydrogens is 248 g/mol. The normalized spacial score (nSPS) is 19.5. The van der Waals surface area contributed by atoms with Gasteiger partial charge in [0.05, 0.1) is 0 Å². The highest BCUT2D eigenvalue weighted by Crippen LogP contribution is 2.13. The van der Waals surface area contributed by atoms with E-state index in [1.807, 2.05) is 0 Å². The monoisotopic (exact) mass is 262 g/mol. The van der Waals surface area contributed by atoms with Crippen molar-refractivity contribution in [1.82, 2.24) is 20.9 Å². The summed E-state index contributed by atoms with van der Waals surface area (Å²) in [4.78, 5) is 17.1. The van der Waals surface area contributed by atoms with E-state index in [2.05, 4.69) is 20.9 Å². The number of carbonyl (C=O) groups is 1. The minimum Gasteiger partial charge on any atom is -0.350 e. The number of H-pyrrole nitrogens is 1. The van der Waals surface area contributed by atoms with Crippen LogP contribution in [0.1, 0.15) is 29.6 Å². The molecule has 0 spiro atoms. The maximum absolute atomic E-state index is 11.9. The maximum Gasteiger partial charge on any atom is 0.275 e. The molecule has 1 atom stereocenters. The van der Waals surface area contributed by atoms with Crippen LogP contribution in [0, 0.1) is 0 Å². The minimum atomic E-state index is -0.353. The Hall–Kier alpha value is -1.99. The molecule has 0 aliphatic carbocycles. The Morgan fingerprint density at radius 2 is 2.26 bits per heavy atom. The van der Waals surface area contributed by atoms with Crippen LogP contribution in [0.5, 0.6) is 0 Å². The van der Waals surface area contributed by atoms with E-state index in [0.29, 0.717) is 23.2 Å². The number of hydrogen-bond donors (Lipinski definition) is 2. The highest BCUT2D eigenvalue weighted by Gasteiger charge is 2.16. The average Bonchev–Trinajstić information content (AvgIpc) is 2.93. The summed E-state index contributed by atoms with van der Waals surface area (Å²) in [5, 5.41) is 10.4. The topological polar surface area (TPSA) is 89.1 Å². The molecule has 1 aliphatic rings. The average molecular weight is 262 g/mol. The van der Waals surface area contributed by atoms with Crippen molar-refractivity contribution in [2.45, 2.75) is 25.6 Å². The molecule has 0 radical (unpaired) electrons. The van der Waals surface area contributed by atoms with Crippen LogP contribution in [-0.2, 0) is 9.57 Å². The van der Waals surface area contributed by atoms with Gasteiger partial charge in [0, 0.05) is 18.6 Å². The molecule has 2 heterocycles. The van der Waals surface area contributed by atoms with Crippen LogP contribution >= 0.6 is 0 Å². The first-order chi connectivity index (χ1) is 9.33. The number of hydroxylamine groups is 1. The predicted octanol–water partition coefficient (Wildman–Crippen LogP) is 1.15. The van der Waals surface area contributed by atoms with Crippen LogP contribution in [0.3, 0.4) is 0 Å². The molecule has 1 aromatic heterocycles. The van der Waals surface area contributed by atoms with Crippen LogP contribution in [-0.4, -0.2) is 34.2 Å². The van der Waals surface area contributed by atoms with Gasteiger partial charge in [-0.15, -0.1) is 0 Å². The van der Waals surface area contributed by atoms with Crippen molar-refractivity contribution in [2.24, 2.45) is 0 Å². The van der Waals surface area contributed by atoms with E-state index in [0.717, 1.165) is 19.3 Å². The molecule has 100 valence electrons. The predicted molar refractivity (Wildman–Crippen MR) is 66.0 cm³/mol. The zero-order chi connectivity index (χ0) is 13.1. The van der Waals surface area contributed by atoms with Crippen molar-refractivity contribution in [2.75, 3.05) is 6.61 Å². The van der Waals surface area contributed by atoms with E-state index in [4.69, 9.17) is 9.57 Å². The van der Waals surface area contributed by atoms with Gasteiger partial charge in [0.25, 0.3) is 5.91 Å². The minimum absolute atomic E-state index is 0.320. The summed E-state index contributed by atoms with van der Waals surface area (Å²) in [6, 6.07) is 5.05. The van der Waals surface area contributed by atoms with Gasteiger partial charge in [0.15, 0.2) is 6.29 Å². The first-order valence-corrected chi connectivity index (χ1v) is 6.21. The summed E-state index contributed by atoms with van der Waals surface area (Å²) < 4.78 is 5.36. The number of rotatable bonds is 3. The van der Waals surface area contributed by atoms with Gasteiger partial charge in [0.1, 0.15) is 11.0 Å². The van der Waals surface area contributed by atoms with Crippen LogP contribution in [0.15, 0.2) is 18.2 Å². The molecule has 1 saturated heterocycles. The van der Waals surface area contributed by atoms with Crippen molar-refractivity contribution in [3.8, 4) is 0 Å². The van der Waals surface area contributed by atoms with Crippen molar-refractivity contribution in [3.63, 3.8) is 0 Å². The van der Waals surface area contributed by atoms with Crippen LogP contribution in [0.2, 0.25) is 0 Å². The summed E-state index contributed by atoms with van der Waals surface area (Å²) in [6.07, 6.45) is 2.53. The van der Waals surface area contributed by atoms with Crippen LogP contribution < -0.4 is 5.48 Å². The molecule has 1 aromatic carbocycles. The fourth-order valence-corrected chi connectivity index (χ4v) is 1.96. The quantitative estimate of drug-likeness (QED) is 0.810. The number of aromatic amines is 1. The van der Waals surface area contributed by atoms with Gasteiger partial charge in [0.2, 0.25) is 0 Å². The van der Waals surface area contributed by atoms with E-state index in [9.17, 15) is 4.79 Å². The molecule has 0 saturated carbocycles. The molecule has 2 aromatic rings.